The third-order valence-corrected chi connectivity index (χ3v) is 3.72. The van der Waals surface area contributed by atoms with Gasteiger partial charge >= 0.3 is 12.1 Å². The quantitative estimate of drug-likeness (QED) is 0.560. The van der Waals surface area contributed by atoms with Crippen molar-refractivity contribution in [3.8, 4) is 22.8 Å². The van der Waals surface area contributed by atoms with Crippen LogP contribution < -0.4 is 4.74 Å². The molecule has 1 heterocycles. The number of aromatic nitrogens is 1. The number of hydrogen-bond acceptors (Lipinski definition) is 5. The first-order valence-electron chi connectivity index (χ1n) is 8.42. The van der Waals surface area contributed by atoms with Gasteiger partial charge in [0.2, 0.25) is 0 Å². The van der Waals surface area contributed by atoms with Crippen molar-refractivity contribution in [1.82, 2.24) is 4.98 Å². The Morgan fingerprint density at radius 1 is 1.26 bits per heavy atom. The number of rotatable bonds is 7. The number of pyridine rings is 1. The highest BCUT2D eigenvalue weighted by Gasteiger charge is 2.30. The first kappa shape index (κ1) is 20.5. The highest BCUT2D eigenvalue weighted by molar-refractivity contribution is 5.75. The van der Waals surface area contributed by atoms with Crippen LogP contribution in [0.25, 0.3) is 11.3 Å². The number of ether oxygens (including phenoxy) is 2. The second-order valence-electron chi connectivity index (χ2n) is 5.89. The van der Waals surface area contributed by atoms with E-state index in [-0.39, 0.29) is 29.4 Å². The Kier molecular flexibility index (Phi) is 6.65. The lowest BCUT2D eigenvalue weighted by molar-refractivity contribution is -0.151. The van der Waals surface area contributed by atoms with Crippen molar-refractivity contribution in [2.45, 2.75) is 39.0 Å². The molecule has 5 nitrogen and oxygen atoms in total. The van der Waals surface area contributed by atoms with E-state index in [2.05, 4.69) is 4.98 Å². The van der Waals surface area contributed by atoms with Crippen LogP contribution in [0.4, 0.5) is 13.2 Å². The van der Waals surface area contributed by atoms with Crippen molar-refractivity contribution >= 4 is 5.97 Å². The molecule has 8 heteroatoms. The van der Waals surface area contributed by atoms with Gasteiger partial charge < -0.3 is 14.6 Å². The summed E-state index contributed by atoms with van der Waals surface area (Å²) >= 11 is 0. The van der Waals surface area contributed by atoms with Gasteiger partial charge in [0.25, 0.3) is 0 Å². The summed E-state index contributed by atoms with van der Waals surface area (Å²) in [6.45, 7) is 3.73. The molecule has 1 aromatic heterocycles. The van der Waals surface area contributed by atoms with Crippen LogP contribution in [-0.2, 0) is 15.7 Å². The molecule has 27 heavy (non-hydrogen) atoms. The van der Waals surface area contributed by atoms with E-state index in [1.807, 2.05) is 6.92 Å². The average Bonchev–Trinajstić information content (AvgIpc) is 2.62. The van der Waals surface area contributed by atoms with Gasteiger partial charge in [0.05, 0.1) is 17.9 Å². The maximum Gasteiger partial charge on any atom is 0.416 e. The number of esters is 1. The summed E-state index contributed by atoms with van der Waals surface area (Å²) in [6.07, 6.45) is -2.76. The topological polar surface area (TPSA) is 68.7 Å². The average molecular weight is 383 g/mol. The molecular formula is C19H20F3NO4. The third-order valence-electron chi connectivity index (χ3n) is 3.72. The number of phenols is 1. The van der Waals surface area contributed by atoms with Crippen molar-refractivity contribution in [1.29, 1.82) is 0 Å². The Hall–Kier alpha value is -2.77. The number of alkyl halides is 3. The fourth-order valence-corrected chi connectivity index (χ4v) is 2.21. The molecule has 1 unspecified atom stereocenters. The van der Waals surface area contributed by atoms with Crippen molar-refractivity contribution in [3.05, 3.63) is 42.1 Å². The Balaban J connectivity index is 2.13. The van der Waals surface area contributed by atoms with Crippen LogP contribution in [0.3, 0.4) is 0 Å². The molecule has 1 atom stereocenters. The van der Waals surface area contributed by atoms with Crippen LogP contribution in [0.2, 0.25) is 0 Å². The fraction of sp³-hybridized carbons (Fsp3) is 0.368. The predicted octanol–water partition coefficient (Wildman–Crippen LogP) is 4.58. The van der Waals surface area contributed by atoms with E-state index < -0.39 is 23.8 Å². The second-order valence-corrected chi connectivity index (χ2v) is 5.89. The molecule has 0 aliphatic heterocycles. The Labute approximate surface area is 154 Å². The van der Waals surface area contributed by atoms with Gasteiger partial charge in [-0.3, -0.25) is 4.98 Å². The molecular weight excluding hydrogens is 363 g/mol. The lowest BCUT2D eigenvalue weighted by Gasteiger charge is -2.15. The summed E-state index contributed by atoms with van der Waals surface area (Å²) in [5.74, 6) is -0.864. The predicted molar refractivity (Wildman–Crippen MR) is 92.3 cm³/mol. The summed E-state index contributed by atoms with van der Waals surface area (Å²) in [4.78, 5) is 15.7. The van der Waals surface area contributed by atoms with Crippen molar-refractivity contribution in [2.75, 3.05) is 6.61 Å². The SMILES string of the molecule is CCCCOC(=O)C(C)Oc1ccc(-c2cc(C(F)(F)F)ccn2)cc1O. The maximum absolute atomic E-state index is 12.8. The zero-order chi connectivity index (χ0) is 20.0. The molecule has 0 radical (unpaired) electrons. The van der Waals surface area contributed by atoms with Crippen LogP contribution in [0.5, 0.6) is 11.5 Å². The molecule has 0 amide bonds. The lowest BCUT2D eigenvalue weighted by Crippen LogP contribution is -2.26. The second kappa shape index (κ2) is 8.75. The molecule has 0 aliphatic rings. The van der Waals surface area contributed by atoms with Gasteiger partial charge in [-0.1, -0.05) is 13.3 Å². The molecule has 0 saturated heterocycles. The zero-order valence-electron chi connectivity index (χ0n) is 14.9. The van der Waals surface area contributed by atoms with Crippen molar-refractivity contribution < 1.29 is 32.5 Å². The Bertz CT molecular complexity index is 793. The zero-order valence-corrected chi connectivity index (χ0v) is 14.9. The molecule has 1 aromatic carbocycles. The minimum atomic E-state index is -4.49. The first-order chi connectivity index (χ1) is 12.7. The van der Waals surface area contributed by atoms with Gasteiger partial charge in [-0.2, -0.15) is 13.2 Å². The van der Waals surface area contributed by atoms with Crippen LogP contribution in [0, 0.1) is 0 Å². The number of aromatic hydroxyl groups is 1. The van der Waals surface area contributed by atoms with E-state index in [0.29, 0.717) is 0 Å². The van der Waals surface area contributed by atoms with E-state index in [0.717, 1.165) is 31.2 Å². The number of unbranched alkanes of at least 4 members (excludes halogenated alkanes) is 1. The minimum Gasteiger partial charge on any atom is -0.504 e. The lowest BCUT2D eigenvalue weighted by atomic mass is 10.1. The maximum atomic E-state index is 12.8. The summed E-state index contributed by atoms with van der Waals surface area (Å²) in [5.41, 5.74) is -0.501. The van der Waals surface area contributed by atoms with E-state index in [1.165, 1.54) is 25.1 Å². The highest BCUT2D eigenvalue weighted by atomic mass is 19.4. The molecule has 0 saturated carbocycles. The summed E-state index contributed by atoms with van der Waals surface area (Å²) in [5, 5.41) is 10.1. The van der Waals surface area contributed by atoms with Gasteiger partial charge in [0.15, 0.2) is 17.6 Å². The van der Waals surface area contributed by atoms with Gasteiger partial charge in [-0.25, -0.2) is 4.79 Å². The largest absolute Gasteiger partial charge is 0.504 e. The molecule has 0 aliphatic carbocycles. The molecule has 1 N–H and O–H groups in total. The van der Waals surface area contributed by atoms with E-state index >= 15 is 0 Å². The molecule has 2 aromatic rings. The Morgan fingerprint density at radius 2 is 2.00 bits per heavy atom. The normalized spacial score (nSPS) is 12.5. The minimum absolute atomic E-state index is 0.0191. The molecule has 0 fully saturated rings. The van der Waals surface area contributed by atoms with Gasteiger partial charge in [0.1, 0.15) is 0 Å². The van der Waals surface area contributed by atoms with Crippen LogP contribution in [-0.4, -0.2) is 28.8 Å². The smallest absolute Gasteiger partial charge is 0.416 e. The number of benzene rings is 1. The number of halogens is 3. The summed E-state index contributed by atoms with van der Waals surface area (Å²) in [6, 6.07) is 5.80. The van der Waals surface area contributed by atoms with Crippen molar-refractivity contribution in [3.63, 3.8) is 0 Å². The number of phenolic OH excluding ortho intramolecular Hbond substituents is 1. The fourth-order valence-electron chi connectivity index (χ4n) is 2.21. The summed E-state index contributed by atoms with van der Waals surface area (Å²) in [7, 11) is 0. The molecule has 2 rings (SSSR count). The van der Waals surface area contributed by atoms with E-state index in [9.17, 15) is 23.1 Å². The monoisotopic (exact) mass is 383 g/mol. The number of nitrogens with zero attached hydrogens (tertiary/aromatic N) is 1. The van der Waals surface area contributed by atoms with Gasteiger partial charge in [0, 0.05) is 11.8 Å². The number of hydrogen-bond donors (Lipinski definition) is 1. The highest BCUT2D eigenvalue weighted by Crippen LogP contribution is 2.34. The van der Waals surface area contributed by atoms with Crippen molar-refractivity contribution in [2.24, 2.45) is 0 Å². The Morgan fingerprint density at radius 3 is 2.63 bits per heavy atom. The van der Waals surface area contributed by atoms with Crippen LogP contribution >= 0.6 is 0 Å². The molecule has 0 spiro atoms. The first-order valence-corrected chi connectivity index (χ1v) is 8.42. The van der Waals surface area contributed by atoms with Gasteiger partial charge in [-0.05, 0) is 43.7 Å². The summed E-state index contributed by atoms with van der Waals surface area (Å²) < 4.78 is 48.9. The van der Waals surface area contributed by atoms with Crippen LogP contribution in [0.1, 0.15) is 32.3 Å². The third kappa shape index (κ3) is 5.60. The number of carbonyl (C=O) groups is 1. The van der Waals surface area contributed by atoms with E-state index in [1.54, 1.807) is 0 Å². The van der Waals surface area contributed by atoms with Crippen LogP contribution in [0.15, 0.2) is 36.5 Å². The standard InChI is InChI=1S/C19H20F3NO4/c1-3-4-9-26-18(25)12(2)27-17-6-5-13(10-16(17)24)15-11-14(7-8-23-15)19(20,21)22/h5-8,10-12,24H,3-4,9H2,1-2H3. The molecule has 146 valence electrons. The number of carbonyl (C=O) groups excluding carboxylic acids is 1. The van der Waals surface area contributed by atoms with Gasteiger partial charge in [-0.15, -0.1) is 0 Å². The molecule has 0 bridgehead atoms. The van der Waals surface area contributed by atoms with E-state index in [4.69, 9.17) is 9.47 Å².